The zero-order valence-electron chi connectivity index (χ0n) is 10.5. The number of primary amides is 1. The number of likely N-dealkylation sites (N-methyl/N-ethyl adjacent to an activating group) is 1. The predicted octanol–water partition coefficient (Wildman–Crippen LogP) is 0.976. The lowest BCUT2D eigenvalue weighted by molar-refractivity contribution is -0.120. The maximum Gasteiger partial charge on any atom is 0.234 e. The molecule has 0 aromatic heterocycles. The van der Waals surface area contributed by atoms with Crippen LogP contribution in [0.5, 0.6) is 0 Å². The van der Waals surface area contributed by atoms with Gasteiger partial charge in [-0.2, -0.15) is 0 Å². The van der Waals surface area contributed by atoms with Crippen molar-refractivity contribution in [2.24, 2.45) is 5.73 Å². The number of nitrogens with one attached hydrogen (secondary N) is 1. The van der Waals surface area contributed by atoms with E-state index in [1.54, 1.807) is 0 Å². The number of benzene rings is 1. The molecule has 0 saturated heterocycles. The van der Waals surface area contributed by atoms with Crippen LogP contribution in [0, 0.1) is 0 Å². The Balaban J connectivity index is 2.46. The summed E-state index contributed by atoms with van der Waals surface area (Å²) in [5.41, 5.74) is 6.47. The van der Waals surface area contributed by atoms with Crippen LogP contribution in [-0.2, 0) is 4.79 Å². The number of hydrogen-bond donors (Lipinski definition) is 2. The Hall–Kier alpha value is -1.55. The first kappa shape index (κ1) is 13.5. The first-order chi connectivity index (χ1) is 8.15. The number of carbonyl (C=O) groups excluding carboxylic acids is 1. The third-order valence-corrected chi connectivity index (χ3v) is 2.74. The van der Waals surface area contributed by atoms with Crippen molar-refractivity contribution in [3.05, 3.63) is 30.3 Å². The molecule has 0 aliphatic rings. The first-order valence-corrected chi connectivity index (χ1v) is 5.94. The fraction of sp³-hybridized carbons (Fsp3) is 0.462. The molecule has 4 heteroatoms. The molecule has 0 aliphatic carbocycles. The van der Waals surface area contributed by atoms with Crippen LogP contribution in [0.1, 0.15) is 13.3 Å². The number of nitrogens with two attached hydrogens (primary N) is 1. The largest absolute Gasteiger partial charge is 0.375 e. The van der Waals surface area contributed by atoms with Gasteiger partial charge in [0.1, 0.15) is 0 Å². The maximum absolute atomic E-state index is 11.2. The van der Waals surface area contributed by atoms with Gasteiger partial charge in [-0.25, -0.2) is 0 Å². The van der Waals surface area contributed by atoms with E-state index in [9.17, 15) is 4.79 Å². The van der Waals surface area contributed by atoms with Crippen molar-refractivity contribution in [2.75, 3.05) is 25.0 Å². The highest BCUT2D eigenvalue weighted by atomic mass is 16.1. The molecule has 0 spiro atoms. The van der Waals surface area contributed by atoms with Gasteiger partial charge in [0.15, 0.2) is 0 Å². The van der Waals surface area contributed by atoms with Gasteiger partial charge in [0.2, 0.25) is 5.91 Å². The summed E-state index contributed by atoms with van der Waals surface area (Å²) in [5, 5.41) is 3.09. The highest BCUT2D eigenvalue weighted by Crippen LogP contribution is 2.11. The van der Waals surface area contributed by atoms with Crippen molar-refractivity contribution in [1.82, 2.24) is 5.32 Å². The van der Waals surface area contributed by atoms with Gasteiger partial charge in [-0.05, 0) is 25.1 Å². The molecule has 0 bridgehead atoms. The Morgan fingerprint density at radius 1 is 1.41 bits per heavy atom. The number of hydrogen-bond acceptors (Lipinski definition) is 3. The van der Waals surface area contributed by atoms with Gasteiger partial charge in [0, 0.05) is 19.3 Å². The lowest BCUT2D eigenvalue weighted by Crippen LogP contribution is -2.43. The third kappa shape index (κ3) is 4.44. The fourth-order valence-corrected chi connectivity index (χ4v) is 1.73. The molecule has 4 nitrogen and oxygen atoms in total. The highest BCUT2D eigenvalue weighted by molar-refractivity contribution is 5.79. The second-order valence-electron chi connectivity index (χ2n) is 4.06. The molecular weight excluding hydrogens is 214 g/mol. The van der Waals surface area contributed by atoms with Gasteiger partial charge in [-0.1, -0.05) is 25.1 Å². The lowest BCUT2D eigenvalue weighted by atomic mass is 10.2. The Kier molecular flexibility index (Phi) is 5.49. The summed E-state index contributed by atoms with van der Waals surface area (Å²) in [7, 11) is 2.01. The molecule has 3 N–H and O–H groups in total. The third-order valence-electron chi connectivity index (χ3n) is 2.74. The number of carbonyl (C=O) groups is 1. The number of amides is 1. The van der Waals surface area contributed by atoms with Crippen molar-refractivity contribution in [3.63, 3.8) is 0 Å². The first-order valence-electron chi connectivity index (χ1n) is 5.94. The fourth-order valence-electron chi connectivity index (χ4n) is 1.73. The summed E-state index contributed by atoms with van der Waals surface area (Å²) in [6, 6.07) is 9.84. The molecule has 0 radical (unpaired) electrons. The van der Waals surface area contributed by atoms with Crippen LogP contribution in [-0.4, -0.2) is 32.1 Å². The molecule has 1 rings (SSSR count). The predicted molar refractivity (Wildman–Crippen MR) is 71.0 cm³/mol. The minimum atomic E-state index is -0.284. The summed E-state index contributed by atoms with van der Waals surface area (Å²) in [6.45, 7) is 3.52. The van der Waals surface area contributed by atoms with Crippen LogP contribution in [0.4, 0.5) is 5.69 Å². The topological polar surface area (TPSA) is 58.4 Å². The Morgan fingerprint density at radius 3 is 2.59 bits per heavy atom. The molecule has 0 fully saturated rings. The molecule has 1 aromatic rings. The van der Waals surface area contributed by atoms with Crippen LogP contribution in [0.2, 0.25) is 0 Å². The zero-order chi connectivity index (χ0) is 12.7. The molecular formula is C13H21N3O. The van der Waals surface area contributed by atoms with E-state index in [2.05, 4.69) is 10.2 Å². The quantitative estimate of drug-likeness (QED) is 0.740. The van der Waals surface area contributed by atoms with E-state index in [0.717, 1.165) is 18.8 Å². The van der Waals surface area contributed by atoms with E-state index in [4.69, 9.17) is 5.73 Å². The van der Waals surface area contributed by atoms with Crippen LogP contribution in [0.25, 0.3) is 0 Å². The van der Waals surface area contributed by atoms with E-state index in [1.165, 1.54) is 0 Å². The molecule has 94 valence electrons. The smallest absolute Gasteiger partial charge is 0.234 e. The zero-order valence-corrected chi connectivity index (χ0v) is 10.5. The van der Waals surface area contributed by atoms with Crippen LogP contribution >= 0.6 is 0 Å². The summed E-state index contributed by atoms with van der Waals surface area (Å²) in [5.74, 6) is -0.284. The molecule has 1 atom stereocenters. The Morgan fingerprint density at radius 2 is 2.06 bits per heavy atom. The summed E-state index contributed by atoms with van der Waals surface area (Å²) in [4.78, 5) is 13.3. The van der Waals surface area contributed by atoms with Gasteiger partial charge >= 0.3 is 0 Å². The highest BCUT2D eigenvalue weighted by Gasteiger charge is 2.14. The normalized spacial score (nSPS) is 12.1. The lowest BCUT2D eigenvalue weighted by Gasteiger charge is -2.22. The standard InChI is InChI=1S/C13H21N3O/c1-3-15-12(13(14)17)9-10-16(2)11-7-5-4-6-8-11/h4-8,12,15H,3,9-10H2,1-2H3,(H2,14,17). The van der Waals surface area contributed by atoms with Gasteiger partial charge in [0.05, 0.1) is 6.04 Å². The average Bonchev–Trinajstić information content (AvgIpc) is 2.34. The molecule has 1 amide bonds. The van der Waals surface area contributed by atoms with Crippen molar-refractivity contribution in [1.29, 1.82) is 0 Å². The van der Waals surface area contributed by atoms with E-state index in [-0.39, 0.29) is 11.9 Å². The van der Waals surface area contributed by atoms with E-state index < -0.39 is 0 Å². The van der Waals surface area contributed by atoms with Crippen molar-refractivity contribution in [2.45, 2.75) is 19.4 Å². The Bertz CT molecular complexity index is 340. The summed E-state index contributed by atoms with van der Waals surface area (Å²) >= 11 is 0. The second kappa shape index (κ2) is 6.91. The number of para-hydroxylation sites is 1. The molecule has 0 heterocycles. The number of nitrogens with zero attached hydrogens (tertiary/aromatic N) is 1. The van der Waals surface area contributed by atoms with E-state index >= 15 is 0 Å². The van der Waals surface area contributed by atoms with Gasteiger partial charge in [-0.3, -0.25) is 4.79 Å². The minimum Gasteiger partial charge on any atom is -0.375 e. The van der Waals surface area contributed by atoms with E-state index in [1.807, 2.05) is 44.3 Å². The van der Waals surface area contributed by atoms with Crippen LogP contribution in [0.15, 0.2) is 30.3 Å². The van der Waals surface area contributed by atoms with E-state index in [0.29, 0.717) is 6.42 Å². The molecule has 0 aliphatic heterocycles. The van der Waals surface area contributed by atoms with Crippen molar-refractivity contribution in [3.8, 4) is 0 Å². The van der Waals surface area contributed by atoms with Crippen LogP contribution in [0.3, 0.4) is 0 Å². The van der Waals surface area contributed by atoms with Gasteiger partial charge in [-0.15, -0.1) is 0 Å². The summed E-state index contributed by atoms with van der Waals surface area (Å²) in [6.07, 6.45) is 0.717. The van der Waals surface area contributed by atoms with Crippen molar-refractivity contribution >= 4 is 11.6 Å². The number of anilines is 1. The van der Waals surface area contributed by atoms with Crippen molar-refractivity contribution < 1.29 is 4.79 Å². The monoisotopic (exact) mass is 235 g/mol. The minimum absolute atomic E-state index is 0.244. The second-order valence-corrected chi connectivity index (χ2v) is 4.06. The molecule has 17 heavy (non-hydrogen) atoms. The molecule has 0 saturated carbocycles. The van der Waals surface area contributed by atoms with Gasteiger partial charge in [0.25, 0.3) is 0 Å². The molecule has 1 unspecified atom stereocenters. The molecule has 1 aromatic carbocycles. The van der Waals surface area contributed by atoms with Crippen LogP contribution < -0.4 is 16.0 Å². The average molecular weight is 235 g/mol. The maximum atomic E-state index is 11.2. The van der Waals surface area contributed by atoms with Gasteiger partial charge < -0.3 is 16.0 Å². The number of rotatable bonds is 7. The Labute approximate surface area is 103 Å². The SMILES string of the molecule is CCNC(CCN(C)c1ccccc1)C(N)=O. The summed E-state index contributed by atoms with van der Waals surface area (Å²) < 4.78 is 0.